The topological polar surface area (TPSA) is 37.3 Å². The van der Waals surface area contributed by atoms with E-state index in [4.69, 9.17) is 5.11 Å². The van der Waals surface area contributed by atoms with Gasteiger partial charge in [-0.1, -0.05) is 96.8 Å². The molecule has 0 unspecified atom stereocenters. The van der Waals surface area contributed by atoms with E-state index >= 15 is 0 Å². The Morgan fingerprint density at radius 2 is 0.900 bits per heavy atom. The molecule has 0 aromatic heterocycles. The van der Waals surface area contributed by atoms with E-state index in [9.17, 15) is 4.79 Å². The highest BCUT2D eigenvalue weighted by molar-refractivity contribution is 5.66. The Bertz CT molecular complexity index is 202. The van der Waals surface area contributed by atoms with Crippen LogP contribution in [0.15, 0.2) is 0 Å². The van der Waals surface area contributed by atoms with Crippen LogP contribution in [0.1, 0.15) is 103 Å². The lowest BCUT2D eigenvalue weighted by molar-refractivity contribution is -0.137. The predicted molar refractivity (Wildman–Crippen MR) is 86.9 cm³/mol. The van der Waals surface area contributed by atoms with Gasteiger partial charge in [0.2, 0.25) is 0 Å². The minimum Gasteiger partial charge on any atom is -0.481 e. The molecule has 0 aromatic carbocycles. The molecule has 0 aliphatic heterocycles. The molecule has 0 aromatic rings. The molecule has 1 N–H and O–H groups in total. The monoisotopic (exact) mass is 283 g/mol. The van der Waals surface area contributed by atoms with Gasteiger partial charge in [0.25, 0.3) is 0 Å². The number of hydrogen-bond donors (Lipinski definition) is 1. The van der Waals surface area contributed by atoms with Crippen LogP contribution in [0.3, 0.4) is 0 Å². The third-order valence-corrected chi connectivity index (χ3v) is 3.89. The average molecular weight is 283 g/mol. The van der Waals surface area contributed by atoms with Gasteiger partial charge in [-0.05, 0) is 6.42 Å². The van der Waals surface area contributed by atoms with Crippen LogP contribution in [0.4, 0.5) is 0 Å². The van der Waals surface area contributed by atoms with E-state index in [0.717, 1.165) is 19.3 Å². The Kier molecular flexibility index (Phi) is 16.1. The van der Waals surface area contributed by atoms with Crippen molar-refractivity contribution in [2.75, 3.05) is 0 Å². The zero-order valence-corrected chi connectivity index (χ0v) is 13.4. The first-order valence-corrected chi connectivity index (χ1v) is 8.78. The van der Waals surface area contributed by atoms with Crippen molar-refractivity contribution < 1.29 is 9.90 Å². The van der Waals surface area contributed by atoms with E-state index in [2.05, 4.69) is 6.92 Å². The highest BCUT2D eigenvalue weighted by Crippen LogP contribution is 2.13. The Hall–Kier alpha value is -0.530. The predicted octanol–water partition coefficient (Wildman–Crippen LogP) is 6.15. The molecule has 0 bridgehead atoms. The zero-order chi connectivity index (χ0) is 14.9. The zero-order valence-electron chi connectivity index (χ0n) is 13.4. The van der Waals surface area contributed by atoms with Gasteiger partial charge in [0, 0.05) is 6.42 Å². The highest BCUT2D eigenvalue weighted by Gasteiger charge is 1.97. The SMILES string of the molecule is [CH2]CCCCCCCCCCCCCCCCC(=O)O. The van der Waals surface area contributed by atoms with E-state index in [1.165, 1.54) is 77.0 Å². The van der Waals surface area contributed by atoms with Crippen LogP contribution in [-0.2, 0) is 4.79 Å². The van der Waals surface area contributed by atoms with Gasteiger partial charge in [-0.15, -0.1) is 0 Å². The second-order valence-corrected chi connectivity index (χ2v) is 5.95. The second-order valence-electron chi connectivity index (χ2n) is 5.95. The quantitative estimate of drug-likeness (QED) is 0.345. The Balaban J connectivity index is 2.94. The summed E-state index contributed by atoms with van der Waals surface area (Å²) in [5.74, 6) is -0.656. The van der Waals surface area contributed by atoms with Crippen molar-refractivity contribution in [2.24, 2.45) is 0 Å². The van der Waals surface area contributed by atoms with E-state index in [-0.39, 0.29) is 0 Å². The van der Waals surface area contributed by atoms with E-state index in [0.29, 0.717) is 6.42 Å². The molecule has 2 heteroatoms. The van der Waals surface area contributed by atoms with Gasteiger partial charge in [-0.3, -0.25) is 4.79 Å². The summed E-state index contributed by atoms with van der Waals surface area (Å²) >= 11 is 0. The molecule has 20 heavy (non-hydrogen) atoms. The molecule has 0 heterocycles. The van der Waals surface area contributed by atoms with Gasteiger partial charge in [0.1, 0.15) is 0 Å². The van der Waals surface area contributed by atoms with Gasteiger partial charge < -0.3 is 5.11 Å². The van der Waals surface area contributed by atoms with Crippen molar-refractivity contribution in [3.8, 4) is 0 Å². The molecule has 0 saturated heterocycles. The van der Waals surface area contributed by atoms with Crippen LogP contribution in [0.25, 0.3) is 0 Å². The lowest BCUT2D eigenvalue weighted by Gasteiger charge is -2.03. The number of unbranched alkanes of at least 4 members (excludes halogenated alkanes) is 14. The molecule has 0 amide bonds. The molecule has 2 nitrogen and oxygen atoms in total. The first-order valence-electron chi connectivity index (χ1n) is 8.78. The van der Waals surface area contributed by atoms with Crippen LogP contribution < -0.4 is 0 Å². The first-order chi connectivity index (χ1) is 9.77. The fraction of sp³-hybridized carbons (Fsp3) is 0.889. The van der Waals surface area contributed by atoms with E-state index in [1.54, 1.807) is 0 Å². The third kappa shape index (κ3) is 17.5. The Morgan fingerprint density at radius 3 is 1.20 bits per heavy atom. The first kappa shape index (κ1) is 19.5. The summed E-state index contributed by atoms with van der Waals surface area (Å²) in [6, 6.07) is 0. The van der Waals surface area contributed by atoms with Crippen molar-refractivity contribution in [3.05, 3.63) is 6.92 Å². The Labute approximate surface area is 126 Å². The van der Waals surface area contributed by atoms with Gasteiger partial charge in [-0.2, -0.15) is 0 Å². The summed E-state index contributed by atoms with van der Waals surface area (Å²) in [6.45, 7) is 3.87. The van der Waals surface area contributed by atoms with Crippen molar-refractivity contribution in [1.29, 1.82) is 0 Å². The smallest absolute Gasteiger partial charge is 0.303 e. The summed E-state index contributed by atoms with van der Waals surface area (Å²) in [7, 11) is 0. The average Bonchev–Trinajstić information content (AvgIpc) is 2.43. The Morgan fingerprint density at radius 1 is 0.600 bits per heavy atom. The summed E-state index contributed by atoms with van der Waals surface area (Å²) in [5.41, 5.74) is 0. The van der Waals surface area contributed by atoms with Crippen LogP contribution in [0.2, 0.25) is 0 Å². The summed E-state index contributed by atoms with van der Waals surface area (Å²) in [4.78, 5) is 10.3. The molecule has 119 valence electrons. The molecule has 0 atom stereocenters. The van der Waals surface area contributed by atoms with Gasteiger partial charge in [0.15, 0.2) is 0 Å². The molecular formula is C18H35O2. The van der Waals surface area contributed by atoms with Crippen LogP contribution in [0, 0.1) is 6.92 Å². The fourth-order valence-corrected chi connectivity index (χ4v) is 2.57. The number of carbonyl (C=O) groups is 1. The van der Waals surface area contributed by atoms with Crippen LogP contribution in [-0.4, -0.2) is 11.1 Å². The minimum atomic E-state index is -0.656. The van der Waals surface area contributed by atoms with Crippen molar-refractivity contribution in [3.63, 3.8) is 0 Å². The number of hydrogen-bond acceptors (Lipinski definition) is 1. The maximum absolute atomic E-state index is 10.3. The molecule has 0 spiro atoms. The molecular weight excluding hydrogens is 248 g/mol. The molecule has 0 aliphatic carbocycles. The maximum Gasteiger partial charge on any atom is 0.303 e. The normalized spacial score (nSPS) is 10.8. The standard InChI is InChI=1S/C18H35O2/c1-2-3-4-5-6-7-8-9-10-11-12-13-14-15-16-17-18(19)20/h1-17H2,(H,19,20). The molecule has 0 fully saturated rings. The van der Waals surface area contributed by atoms with Crippen molar-refractivity contribution >= 4 is 5.97 Å². The minimum absolute atomic E-state index is 0.342. The fourth-order valence-electron chi connectivity index (χ4n) is 2.57. The van der Waals surface area contributed by atoms with Gasteiger partial charge in [-0.25, -0.2) is 0 Å². The molecule has 0 saturated carbocycles. The van der Waals surface area contributed by atoms with Crippen molar-refractivity contribution in [2.45, 2.75) is 103 Å². The summed E-state index contributed by atoms with van der Waals surface area (Å²) in [5, 5.41) is 8.51. The number of rotatable bonds is 16. The molecule has 0 aliphatic rings. The van der Waals surface area contributed by atoms with E-state index < -0.39 is 5.97 Å². The summed E-state index contributed by atoms with van der Waals surface area (Å²) in [6.07, 6.45) is 19.6. The molecule has 0 rings (SSSR count). The maximum atomic E-state index is 10.3. The van der Waals surface area contributed by atoms with Crippen molar-refractivity contribution in [1.82, 2.24) is 0 Å². The van der Waals surface area contributed by atoms with E-state index in [1.807, 2.05) is 0 Å². The van der Waals surface area contributed by atoms with Crippen LogP contribution in [0.5, 0.6) is 0 Å². The largest absolute Gasteiger partial charge is 0.481 e. The van der Waals surface area contributed by atoms with Gasteiger partial charge in [0.05, 0.1) is 0 Å². The highest BCUT2D eigenvalue weighted by atomic mass is 16.4. The lowest BCUT2D eigenvalue weighted by Crippen LogP contribution is -1.93. The third-order valence-electron chi connectivity index (χ3n) is 3.89. The van der Waals surface area contributed by atoms with Crippen LogP contribution >= 0.6 is 0 Å². The number of carboxylic acids is 1. The second kappa shape index (κ2) is 16.5. The molecule has 1 radical (unpaired) electrons. The summed E-state index contributed by atoms with van der Waals surface area (Å²) < 4.78 is 0. The number of aliphatic carboxylic acids is 1. The van der Waals surface area contributed by atoms with Gasteiger partial charge >= 0.3 is 5.97 Å². The number of carboxylic acid groups (broad SMARTS) is 1. The lowest BCUT2D eigenvalue weighted by atomic mass is 10.0.